The zero-order valence-electron chi connectivity index (χ0n) is 12.4. The van der Waals surface area contributed by atoms with Gasteiger partial charge >= 0.3 is 0 Å². The first-order chi connectivity index (χ1) is 10.3. The van der Waals surface area contributed by atoms with E-state index in [1.54, 1.807) is 0 Å². The molecule has 22 heavy (non-hydrogen) atoms. The van der Waals surface area contributed by atoms with Crippen LogP contribution >= 0.6 is 0 Å². The number of nitro benzene ring substituents is 1. The maximum atomic E-state index is 12.5. The van der Waals surface area contributed by atoms with Crippen molar-refractivity contribution in [1.82, 2.24) is 10.0 Å². The Morgan fingerprint density at radius 2 is 2.18 bits per heavy atom. The lowest BCUT2D eigenvalue weighted by atomic mass is 10.0. The number of sulfonamides is 1. The van der Waals surface area contributed by atoms with Crippen molar-refractivity contribution >= 4 is 15.7 Å². The van der Waals surface area contributed by atoms with Crippen LogP contribution < -0.4 is 14.8 Å². The van der Waals surface area contributed by atoms with Gasteiger partial charge in [0.2, 0.25) is 10.0 Å². The summed E-state index contributed by atoms with van der Waals surface area (Å²) in [6.07, 6.45) is 1.38. The first-order valence-electron chi connectivity index (χ1n) is 6.91. The number of nitrogens with one attached hydrogen (secondary N) is 2. The van der Waals surface area contributed by atoms with E-state index in [-0.39, 0.29) is 28.4 Å². The number of hydrogen-bond donors (Lipinski definition) is 2. The largest absolute Gasteiger partial charge is 0.495 e. The summed E-state index contributed by atoms with van der Waals surface area (Å²) in [5.74, 6) is -0.0383. The quantitative estimate of drug-likeness (QED) is 0.616. The molecule has 1 aliphatic rings. The highest BCUT2D eigenvalue weighted by atomic mass is 32.2. The van der Waals surface area contributed by atoms with Crippen LogP contribution in [0.1, 0.15) is 19.8 Å². The highest BCUT2D eigenvalue weighted by Gasteiger charge is 2.27. The second-order valence-electron chi connectivity index (χ2n) is 5.29. The third-order valence-electron chi connectivity index (χ3n) is 3.59. The average Bonchev–Trinajstić information content (AvgIpc) is 2.46. The minimum Gasteiger partial charge on any atom is -0.495 e. The number of nitrogens with zero attached hydrogens (tertiary/aromatic N) is 1. The van der Waals surface area contributed by atoms with Gasteiger partial charge in [-0.25, -0.2) is 13.1 Å². The highest BCUT2D eigenvalue weighted by Crippen LogP contribution is 2.28. The predicted molar refractivity (Wildman–Crippen MR) is 80.5 cm³/mol. The van der Waals surface area contributed by atoms with Gasteiger partial charge in [-0.1, -0.05) is 0 Å². The molecular weight excluding hydrogens is 310 g/mol. The van der Waals surface area contributed by atoms with Gasteiger partial charge in [0.25, 0.3) is 5.69 Å². The lowest BCUT2D eigenvalue weighted by molar-refractivity contribution is -0.385. The molecule has 8 nitrogen and oxygen atoms in total. The Morgan fingerprint density at radius 3 is 2.77 bits per heavy atom. The number of methoxy groups -OCH3 is 1. The van der Waals surface area contributed by atoms with E-state index in [1.165, 1.54) is 13.2 Å². The van der Waals surface area contributed by atoms with Crippen LogP contribution in [0.3, 0.4) is 0 Å². The normalized spacial score (nSPS) is 22.3. The third-order valence-corrected chi connectivity index (χ3v) is 5.15. The number of piperidine rings is 1. The Kier molecular flexibility index (Phi) is 4.99. The van der Waals surface area contributed by atoms with Crippen molar-refractivity contribution in [3.8, 4) is 5.75 Å². The lowest BCUT2D eigenvalue weighted by Crippen LogP contribution is -2.46. The Hall–Kier alpha value is -1.71. The third kappa shape index (κ3) is 3.73. The summed E-state index contributed by atoms with van der Waals surface area (Å²) < 4.78 is 32.6. The molecule has 2 N–H and O–H groups in total. The van der Waals surface area contributed by atoms with E-state index in [1.807, 2.05) is 6.92 Å². The molecule has 0 bridgehead atoms. The van der Waals surface area contributed by atoms with Crippen LogP contribution in [0.15, 0.2) is 23.1 Å². The molecule has 2 unspecified atom stereocenters. The van der Waals surface area contributed by atoms with E-state index < -0.39 is 14.9 Å². The van der Waals surface area contributed by atoms with Crippen LogP contribution in [0.4, 0.5) is 5.69 Å². The average molecular weight is 329 g/mol. The molecule has 2 rings (SSSR count). The van der Waals surface area contributed by atoms with E-state index in [9.17, 15) is 18.5 Å². The number of benzene rings is 1. The topological polar surface area (TPSA) is 111 Å². The van der Waals surface area contributed by atoms with Crippen LogP contribution in [-0.4, -0.2) is 39.1 Å². The van der Waals surface area contributed by atoms with E-state index in [0.29, 0.717) is 12.8 Å². The first-order valence-corrected chi connectivity index (χ1v) is 8.40. The minimum atomic E-state index is -3.79. The number of nitro groups is 1. The molecule has 1 fully saturated rings. The Bertz CT molecular complexity index is 662. The molecule has 1 aromatic rings. The van der Waals surface area contributed by atoms with Crippen LogP contribution in [0, 0.1) is 10.1 Å². The number of hydrogen-bond acceptors (Lipinski definition) is 6. The van der Waals surface area contributed by atoms with Crippen molar-refractivity contribution in [3.63, 3.8) is 0 Å². The summed E-state index contributed by atoms with van der Waals surface area (Å²) in [5, 5.41) is 14.0. The zero-order valence-corrected chi connectivity index (χ0v) is 13.2. The van der Waals surface area contributed by atoms with Crippen LogP contribution in [-0.2, 0) is 10.0 Å². The fraction of sp³-hybridized carbons (Fsp3) is 0.538. The summed E-state index contributed by atoms with van der Waals surface area (Å²) in [6, 6.07) is 3.53. The lowest BCUT2D eigenvalue weighted by Gasteiger charge is -2.28. The van der Waals surface area contributed by atoms with Crippen molar-refractivity contribution in [1.29, 1.82) is 0 Å². The second-order valence-corrected chi connectivity index (χ2v) is 6.97. The predicted octanol–water partition coefficient (Wildman–Crippen LogP) is 1.02. The zero-order chi connectivity index (χ0) is 16.3. The van der Waals surface area contributed by atoms with E-state index in [0.717, 1.165) is 18.7 Å². The molecule has 0 aliphatic carbocycles. The van der Waals surface area contributed by atoms with Crippen molar-refractivity contribution in [2.75, 3.05) is 13.7 Å². The van der Waals surface area contributed by atoms with Crippen molar-refractivity contribution in [3.05, 3.63) is 28.3 Å². The van der Waals surface area contributed by atoms with Gasteiger partial charge in [-0.15, -0.1) is 0 Å². The molecule has 0 radical (unpaired) electrons. The van der Waals surface area contributed by atoms with Gasteiger partial charge in [-0.05, 0) is 32.4 Å². The molecule has 9 heteroatoms. The molecule has 0 spiro atoms. The smallest absolute Gasteiger partial charge is 0.273 e. The fourth-order valence-electron chi connectivity index (χ4n) is 2.51. The minimum absolute atomic E-state index is 0.0383. The first kappa shape index (κ1) is 16.7. The van der Waals surface area contributed by atoms with Crippen molar-refractivity contribution in [2.24, 2.45) is 0 Å². The fourth-order valence-corrected chi connectivity index (χ4v) is 3.95. The molecule has 2 atom stereocenters. The molecule has 1 aliphatic heterocycles. The monoisotopic (exact) mass is 329 g/mol. The molecule has 0 saturated carbocycles. The second kappa shape index (κ2) is 6.59. The van der Waals surface area contributed by atoms with Gasteiger partial charge in [0, 0.05) is 18.2 Å². The molecule has 1 saturated heterocycles. The van der Waals surface area contributed by atoms with Crippen molar-refractivity contribution < 1.29 is 18.1 Å². The summed E-state index contributed by atoms with van der Waals surface area (Å²) in [7, 11) is -2.51. The highest BCUT2D eigenvalue weighted by molar-refractivity contribution is 7.89. The number of ether oxygens (including phenoxy) is 1. The Morgan fingerprint density at radius 1 is 1.45 bits per heavy atom. The van der Waals surface area contributed by atoms with Crippen molar-refractivity contribution in [2.45, 2.75) is 36.7 Å². The molecule has 122 valence electrons. The molecular formula is C13H19N3O5S. The Balaban J connectivity index is 2.26. The van der Waals surface area contributed by atoms with Gasteiger partial charge < -0.3 is 10.1 Å². The number of non-ortho nitro benzene ring substituents is 1. The van der Waals surface area contributed by atoms with Crippen LogP contribution in [0.2, 0.25) is 0 Å². The maximum Gasteiger partial charge on any atom is 0.273 e. The standard InChI is InChI=1S/C13H19N3O5S/c1-9-7-10(5-6-14-9)15-22(19,20)13-4-3-11(16(17)18)8-12(13)21-2/h3-4,8-10,14-15H,5-7H2,1-2H3. The SMILES string of the molecule is COc1cc([N+](=O)[O-])ccc1S(=O)(=O)NC1CCNC(C)C1. The van der Waals surface area contributed by atoms with Gasteiger partial charge in [0.1, 0.15) is 10.6 Å². The summed E-state index contributed by atoms with van der Waals surface area (Å²) in [5.41, 5.74) is -0.216. The molecule has 1 aromatic carbocycles. The van der Waals surface area contributed by atoms with Gasteiger partial charge in [-0.2, -0.15) is 0 Å². The van der Waals surface area contributed by atoms with Gasteiger partial charge in [0.15, 0.2) is 0 Å². The summed E-state index contributed by atoms with van der Waals surface area (Å²) >= 11 is 0. The van der Waals surface area contributed by atoms with Gasteiger partial charge in [0.05, 0.1) is 18.1 Å². The van der Waals surface area contributed by atoms with E-state index >= 15 is 0 Å². The molecule has 1 heterocycles. The molecule has 0 amide bonds. The molecule has 0 aromatic heterocycles. The van der Waals surface area contributed by atoms with Crippen LogP contribution in [0.25, 0.3) is 0 Å². The maximum absolute atomic E-state index is 12.5. The van der Waals surface area contributed by atoms with E-state index in [2.05, 4.69) is 10.0 Å². The summed E-state index contributed by atoms with van der Waals surface area (Å²) in [6.45, 7) is 2.73. The van der Waals surface area contributed by atoms with Crippen LogP contribution in [0.5, 0.6) is 5.75 Å². The Labute approximate surface area is 129 Å². The van der Waals surface area contributed by atoms with E-state index in [4.69, 9.17) is 4.74 Å². The number of rotatable bonds is 5. The van der Waals surface area contributed by atoms with Gasteiger partial charge in [-0.3, -0.25) is 10.1 Å². The summed E-state index contributed by atoms with van der Waals surface area (Å²) in [4.78, 5) is 10.1.